The molecule has 0 atom stereocenters. The topological polar surface area (TPSA) is 67.9 Å². The summed E-state index contributed by atoms with van der Waals surface area (Å²) in [5.74, 6) is 2.93. The highest BCUT2D eigenvalue weighted by Crippen LogP contribution is 2.37. The predicted molar refractivity (Wildman–Crippen MR) is 113 cm³/mol. The number of hydrogen-bond donors (Lipinski definition) is 1. The van der Waals surface area contributed by atoms with Gasteiger partial charge >= 0.3 is 6.03 Å². The number of ether oxygens (including phenoxy) is 2. The lowest BCUT2D eigenvalue weighted by Crippen LogP contribution is -2.30. The van der Waals surface area contributed by atoms with E-state index in [1.807, 2.05) is 31.2 Å². The molecule has 3 rings (SSSR count). The number of urea groups is 1. The van der Waals surface area contributed by atoms with Gasteiger partial charge in [0.15, 0.2) is 11.5 Å². The van der Waals surface area contributed by atoms with Gasteiger partial charge in [0, 0.05) is 0 Å². The van der Waals surface area contributed by atoms with E-state index in [9.17, 15) is 9.59 Å². The SMILES string of the molecule is C#CCOc1c(Br)cc(/C=C2/NC(=O)N(Cc3ccc(C)cc3)C2=O)cc1OC. The first-order valence-corrected chi connectivity index (χ1v) is 9.56. The molecule has 0 spiro atoms. The maximum Gasteiger partial charge on any atom is 0.329 e. The van der Waals surface area contributed by atoms with Crippen LogP contribution in [-0.4, -0.2) is 30.6 Å². The molecule has 2 aromatic carbocycles. The molecule has 0 aliphatic carbocycles. The first-order valence-electron chi connectivity index (χ1n) is 8.77. The Hall–Kier alpha value is -3.24. The van der Waals surface area contributed by atoms with Crippen LogP contribution in [0.3, 0.4) is 0 Å². The monoisotopic (exact) mass is 454 g/mol. The maximum atomic E-state index is 12.7. The number of halogens is 1. The van der Waals surface area contributed by atoms with E-state index in [0.29, 0.717) is 21.5 Å². The van der Waals surface area contributed by atoms with Gasteiger partial charge in [-0.3, -0.25) is 9.69 Å². The number of methoxy groups -OCH3 is 1. The van der Waals surface area contributed by atoms with Crippen LogP contribution in [0.1, 0.15) is 16.7 Å². The second-order valence-electron chi connectivity index (χ2n) is 6.39. The highest BCUT2D eigenvalue weighted by molar-refractivity contribution is 9.10. The summed E-state index contributed by atoms with van der Waals surface area (Å²) in [6.45, 7) is 2.28. The van der Waals surface area contributed by atoms with E-state index in [4.69, 9.17) is 15.9 Å². The van der Waals surface area contributed by atoms with Gasteiger partial charge in [0.2, 0.25) is 0 Å². The molecule has 1 N–H and O–H groups in total. The van der Waals surface area contributed by atoms with E-state index in [0.717, 1.165) is 11.1 Å². The molecule has 0 unspecified atom stereocenters. The minimum Gasteiger partial charge on any atom is -0.493 e. The fourth-order valence-corrected chi connectivity index (χ4v) is 3.41. The average Bonchev–Trinajstić information content (AvgIpc) is 2.95. The second kappa shape index (κ2) is 8.84. The zero-order valence-corrected chi connectivity index (χ0v) is 17.6. The Balaban J connectivity index is 1.84. The van der Waals surface area contributed by atoms with Gasteiger partial charge in [0.05, 0.1) is 18.1 Å². The molecule has 1 saturated heterocycles. The zero-order valence-electron chi connectivity index (χ0n) is 16.0. The Morgan fingerprint density at radius 1 is 1.24 bits per heavy atom. The van der Waals surface area contributed by atoms with Crippen LogP contribution in [0.4, 0.5) is 4.79 Å². The lowest BCUT2D eigenvalue weighted by molar-refractivity contribution is -0.123. The molecule has 1 heterocycles. The molecule has 0 bridgehead atoms. The molecule has 6 nitrogen and oxygen atoms in total. The minimum absolute atomic E-state index is 0.0951. The number of rotatable bonds is 6. The summed E-state index contributed by atoms with van der Waals surface area (Å²) >= 11 is 3.42. The van der Waals surface area contributed by atoms with Gasteiger partial charge in [-0.15, -0.1) is 6.42 Å². The maximum absolute atomic E-state index is 12.7. The summed E-state index contributed by atoms with van der Waals surface area (Å²) < 4.78 is 11.5. The molecule has 1 aliphatic heterocycles. The number of carbonyl (C=O) groups is 2. The van der Waals surface area contributed by atoms with Gasteiger partial charge in [-0.1, -0.05) is 35.7 Å². The number of amides is 3. The van der Waals surface area contributed by atoms with E-state index < -0.39 is 11.9 Å². The van der Waals surface area contributed by atoms with Gasteiger partial charge in [-0.2, -0.15) is 0 Å². The summed E-state index contributed by atoms with van der Waals surface area (Å²) in [6, 6.07) is 10.7. The number of benzene rings is 2. The van der Waals surface area contributed by atoms with E-state index >= 15 is 0 Å². The fraction of sp³-hybridized carbons (Fsp3) is 0.182. The van der Waals surface area contributed by atoms with Crippen molar-refractivity contribution in [2.75, 3.05) is 13.7 Å². The Bertz CT molecular complexity index is 1020. The Morgan fingerprint density at radius 3 is 2.62 bits per heavy atom. The molecule has 148 valence electrons. The lowest BCUT2D eigenvalue weighted by atomic mass is 10.1. The van der Waals surface area contributed by atoms with Crippen molar-refractivity contribution in [3.8, 4) is 23.8 Å². The van der Waals surface area contributed by atoms with Crippen LogP contribution in [0.2, 0.25) is 0 Å². The third-order valence-electron chi connectivity index (χ3n) is 4.29. The first kappa shape index (κ1) is 20.5. The van der Waals surface area contributed by atoms with Crippen molar-refractivity contribution in [2.45, 2.75) is 13.5 Å². The first-order chi connectivity index (χ1) is 13.9. The third-order valence-corrected chi connectivity index (χ3v) is 4.88. The molecular weight excluding hydrogens is 436 g/mol. The molecule has 7 heteroatoms. The minimum atomic E-state index is -0.457. The molecule has 29 heavy (non-hydrogen) atoms. The Morgan fingerprint density at radius 2 is 1.97 bits per heavy atom. The zero-order chi connectivity index (χ0) is 21.0. The highest BCUT2D eigenvalue weighted by atomic mass is 79.9. The van der Waals surface area contributed by atoms with Gasteiger partial charge in [-0.05, 0) is 52.2 Å². The summed E-state index contributed by atoms with van der Waals surface area (Å²) in [4.78, 5) is 26.2. The smallest absolute Gasteiger partial charge is 0.329 e. The van der Waals surface area contributed by atoms with Gasteiger partial charge in [-0.25, -0.2) is 4.79 Å². The average molecular weight is 455 g/mol. The molecule has 3 amide bonds. The van der Waals surface area contributed by atoms with Gasteiger partial charge in [0.1, 0.15) is 12.3 Å². The number of terminal acetylenes is 1. The fourth-order valence-electron chi connectivity index (χ4n) is 2.83. The van der Waals surface area contributed by atoms with Crippen molar-refractivity contribution in [3.05, 3.63) is 63.3 Å². The van der Waals surface area contributed by atoms with E-state index in [1.54, 1.807) is 18.2 Å². The van der Waals surface area contributed by atoms with Crippen LogP contribution in [-0.2, 0) is 11.3 Å². The van der Waals surface area contributed by atoms with Crippen LogP contribution >= 0.6 is 15.9 Å². The second-order valence-corrected chi connectivity index (χ2v) is 7.25. The van der Waals surface area contributed by atoms with Gasteiger partial charge in [0.25, 0.3) is 5.91 Å². The highest BCUT2D eigenvalue weighted by Gasteiger charge is 2.33. The van der Waals surface area contributed by atoms with Crippen molar-refractivity contribution in [3.63, 3.8) is 0 Å². The van der Waals surface area contributed by atoms with Crippen molar-refractivity contribution in [2.24, 2.45) is 0 Å². The van der Waals surface area contributed by atoms with Crippen LogP contribution in [0.15, 0.2) is 46.6 Å². The summed E-state index contributed by atoms with van der Waals surface area (Å²) in [6.07, 6.45) is 6.83. The molecule has 0 radical (unpaired) electrons. The van der Waals surface area contributed by atoms with Crippen LogP contribution in [0.25, 0.3) is 6.08 Å². The van der Waals surface area contributed by atoms with Crippen molar-refractivity contribution < 1.29 is 19.1 Å². The lowest BCUT2D eigenvalue weighted by Gasteiger charge is -2.12. The van der Waals surface area contributed by atoms with E-state index in [1.165, 1.54) is 12.0 Å². The summed E-state index contributed by atoms with van der Waals surface area (Å²) in [5.41, 5.74) is 2.83. The number of aryl methyl sites for hydroxylation is 1. The van der Waals surface area contributed by atoms with E-state index in [2.05, 4.69) is 27.2 Å². The van der Waals surface area contributed by atoms with Crippen LogP contribution in [0, 0.1) is 19.3 Å². The predicted octanol–water partition coefficient (Wildman–Crippen LogP) is 3.87. The van der Waals surface area contributed by atoms with Crippen LogP contribution in [0.5, 0.6) is 11.5 Å². The van der Waals surface area contributed by atoms with E-state index in [-0.39, 0.29) is 18.8 Å². The molecule has 0 saturated carbocycles. The van der Waals surface area contributed by atoms with Crippen molar-refractivity contribution in [1.82, 2.24) is 10.2 Å². The quantitative estimate of drug-likeness (QED) is 0.408. The number of imide groups is 1. The van der Waals surface area contributed by atoms with Crippen molar-refractivity contribution in [1.29, 1.82) is 0 Å². The molecule has 1 aliphatic rings. The molecule has 2 aromatic rings. The molecule has 1 fully saturated rings. The van der Waals surface area contributed by atoms with Gasteiger partial charge < -0.3 is 14.8 Å². The number of carbonyl (C=O) groups excluding carboxylic acids is 2. The Labute approximate surface area is 177 Å². The summed E-state index contributed by atoms with van der Waals surface area (Å²) in [7, 11) is 1.51. The molecule has 0 aromatic heterocycles. The van der Waals surface area contributed by atoms with Crippen LogP contribution < -0.4 is 14.8 Å². The normalized spacial score (nSPS) is 14.7. The largest absolute Gasteiger partial charge is 0.493 e. The number of nitrogens with one attached hydrogen (secondary N) is 1. The standard InChI is InChI=1S/C22H19BrN2O4/c1-4-9-29-20-17(23)10-16(12-19(20)28-3)11-18-21(26)25(22(27)24-18)13-15-7-5-14(2)6-8-15/h1,5-8,10-12H,9,13H2,2-3H3,(H,24,27)/b18-11+. The third kappa shape index (κ3) is 4.61. The molecular formula is C22H19BrN2O4. The Kier molecular flexibility index (Phi) is 6.25. The summed E-state index contributed by atoms with van der Waals surface area (Å²) in [5, 5.41) is 2.62. The number of hydrogen-bond acceptors (Lipinski definition) is 4. The number of nitrogens with zero attached hydrogens (tertiary/aromatic N) is 1. The van der Waals surface area contributed by atoms with Crippen molar-refractivity contribution >= 4 is 33.9 Å².